The molecule has 1 aromatic heterocycles. The molecule has 21 heavy (non-hydrogen) atoms. The Kier molecular flexibility index (Phi) is 3.26. The normalized spacial score (nSPS) is 17.3. The number of benzene rings is 1. The van der Waals surface area contributed by atoms with Gasteiger partial charge in [0.2, 0.25) is 0 Å². The van der Waals surface area contributed by atoms with Crippen LogP contribution in [-0.4, -0.2) is 34.6 Å². The highest BCUT2D eigenvalue weighted by Crippen LogP contribution is 2.33. The first-order valence-electron chi connectivity index (χ1n) is 7.02. The first-order valence-corrected chi connectivity index (χ1v) is 7.40. The standard InChI is InChI=1S/C16H18ClNO3/c1-9(2)16(20)7-18(8-16)15(19)14-10(3)12-6-11(17)4-5-13(12)21-14/h4-6,9,20H,7-8H2,1-3H3. The highest BCUT2D eigenvalue weighted by atomic mass is 35.5. The van der Waals surface area contributed by atoms with Gasteiger partial charge in [-0.15, -0.1) is 0 Å². The van der Waals surface area contributed by atoms with Crippen LogP contribution in [0.25, 0.3) is 11.0 Å². The van der Waals surface area contributed by atoms with E-state index in [0.717, 1.165) is 10.9 Å². The third-order valence-corrected chi connectivity index (χ3v) is 4.62. The molecule has 112 valence electrons. The Morgan fingerprint density at radius 1 is 1.43 bits per heavy atom. The number of furan rings is 1. The third-order valence-electron chi connectivity index (χ3n) is 4.38. The van der Waals surface area contributed by atoms with Gasteiger partial charge < -0.3 is 14.4 Å². The molecule has 0 spiro atoms. The van der Waals surface area contributed by atoms with E-state index in [-0.39, 0.29) is 11.8 Å². The molecule has 5 heteroatoms. The minimum Gasteiger partial charge on any atom is -0.451 e. The van der Waals surface area contributed by atoms with Gasteiger partial charge in [-0.2, -0.15) is 0 Å². The van der Waals surface area contributed by atoms with E-state index in [1.54, 1.807) is 23.1 Å². The van der Waals surface area contributed by atoms with Gasteiger partial charge in [0.25, 0.3) is 5.91 Å². The maximum Gasteiger partial charge on any atom is 0.290 e. The molecule has 0 aliphatic carbocycles. The van der Waals surface area contributed by atoms with Crippen molar-refractivity contribution in [2.75, 3.05) is 13.1 Å². The second-order valence-corrected chi connectivity index (χ2v) is 6.55. The van der Waals surface area contributed by atoms with E-state index in [1.165, 1.54) is 0 Å². The fraction of sp³-hybridized carbons (Fsp3) is 0.438. The number of β-amino-alcohol motifs (C(OH)–C–C–N with tert-alkyl or cyclic N) is 1. The quantitative estimate of drug-likeness (QED) is 0.926. The molecular weight excluding hydrogens is 290 g/mol. The molecule has 2 aromatic rings. The van der Waals surface area contributed by atoms with Gasteiger partial charge in [-0.05, 0) is 31.0 Å². The number of halogens is 1. The Hall–Kier alpha value is -1.52. The van der Waals surface area contributed by atoms with Gasteiger partial charge in [0, 0.05) is 16.0 Å². The number of likely N-dealkylation sites (tertiary alicyclic amines) is 1. The van der Waals surface area contributed by atoms with Crippen molar-refractivity contribution in [3.8, 4) is 0 Å². The van der Waals surface area contributed by atoms with E-state index >= 15 is 0 Å². The lowest BCUT2D eigenvalue weighted by molar-refractivity contribution is -0.111. The van der Waals surface area contributed by atoms with Crippen molar-refractivity contribution in [2.45, 2.75) is 26.4 Å². The molecule has 1 aliphatic heterocycles. The molecule has 0 atom stereocenters. The van der Waals surface area contributed by atoms with Gasteiger partial charge in [0.05, 0.1) is 13.1 Å². The zero-order valence-electron chi connectivity index (χ0n) is 12.3. The van der Waals surface area contributed by atoms with Crippen LogP contribution in [0, 0.1) is 12.8 Å². The van der Waals surface area contributed by atoms with Crippen LogP contribution >= 0.6 is 11.6 Å². The summed E-state index contributed by atoms with van der Waals surface area (Å²) in [6.45, 7) is 6.46. The maximum absolute atomic E-state index is 12.5. The van der Waals surface area contributed by atoms with Gasteiger partial charge in [0.15, 0.2) is 5.76 Å². The fourth-order valence-corrected chi connectivity index (χ4v) is 2.84. The predicted octanol–water partition coefficient (Wildman–Crippen LogP) is 3.24. The Labute approximate surface area is 128 Å². The summed E-state index contributed by atoms with van der Waals surface area (Å²) in [6, 6.07) is 5.30. The minimum absolute atomic E-state index is 0.122. The average Bonchev–Trinajstić information content (AvgIpc) is 2.71. The van der Waals surface area contributed by atoms with Crippen LogP contribution < -0.4 is 0 Å². The molecule has 2 heterocycles. The van der Waals surface area contributed by atoms with Crippen LogP contribution in [0.2, 0.25) is 5.02 Å². The number of fused-ring (bicyclic) bond motifs is 1. The molecule has 4 nitrogen and oxygen atoms in total. The largest absolute Gasteiger partial charge is 0.451 e. The van der Waals surface area contributed by atoms with Gasteiger partial charge in [0.1, 0.15) is 11.2 Å². The predicted molar refractivity (Wildman–Crippen MR) is 81.7 cm³/mol. The van der Waals surface area contributed by atoms with Crippen LogP contribution in [0.5, 0.6) is 0 Å². The van der Waals surface area contributed by atoms with E-state index < -0.39 is 5.60 Å². The summed E-state index contributed by atoms with van der Waals surface area (Å²) in [4.78, 5) is 14.1. The van der Waals surface area contributed by atoms with Crippen molar-refractivity contribution in [1.29, 1.82) is 0 Å². The van der Waals surface area contributed by atoms with E-state index in [1.807, 2.05) is 20.8 Å². The number of amides is 1. The second kappa shape index (κ2) is 4.75. The summed E-state index contributed by atoms with van der Waals surface area (Å²) >= 11 is 5.98. The minimum atomic E-state index is -0.779. The van der Waals surface area contributed by atoms with Crippen LogP contribution in [0.15, 0.2) is 22.6 Å². The Morgan fingerprint density at radius 2 is 2.10 bits per heavy atom. The molecule has 1 saturated heterocycles. The van der Waals surface area contributed by atoms with Crippen molar-refractivity contribution >= 4 is 28.5 Å². The fourth-order valence-electron chi connectivity index (χ4n) is 2.66. The van der Waals surface area contributed by atoms with E-state index in [4.69, 9.17) is 16.0 Å². The molecule has 1 aromatic carbocycles. The molecular formula is C16H18ClNO3. The highest BCUT2D eigenvalue weighted by Gasteiger charge is 2.46. The van der Waals surface area contributed by atoms with E-state index in [9.17, 15) is 9.90 Å². The lowest BCUT2D eigenvalue weighted by Gasteiger charge is -2.48. The van der Waals surface area contributed by atoms with Crippen molar-refractivity contribution in [2.24, 2.45) is 5.92 Å². The highest BCUT2D eigenvalue weighted by molar-refractivity contribution is 6.31. The van der Waals surface area contributed by atoms with Crippen LogP contribution in [-0.2, 0) is 0 Å². The summed E-state index contributed by atoms with van der Waals surface area (Å²) in [6.07, 6.45) is 0. The van der Waals surface area contributed by atoms with E-state index in [0.29, 0.717) is 29.5 Å². The Bertz CT molecular complexity index is 714. The number of nitrogens with zero attached hydrogens (tertiary/aromatic N) is 1. The summed E-state index contributed by atoms with van der Waals surface area (Å²) < 4.78 is 5.67. The summed E-state index contributed by atoms with van der Waals surface area (Å²) in [5, 5.41) is 11.7. The maximum atomic E-state index is 12.5. The van der Waals surface area contributed by atoms with Gasteiger partial charge in [-0.3, -0.25) is 4.79 Å². The first kappa shape index (κ1) is 14.4. The molecule has 1 N–H and O–H groups in total. The molecule has 1 amide bonds. The number of aryl methyl sites for hydroxylation is 1. The average molecular weight is 308 g/mol. The summed E-state index contributed by atoms with van der Waals surface area (Å²) in [7, 11) is 0. The molecule has 0 unspecified atom stereocenters. The Morgan fingerprint density at radius 3 is 2.71 bits per heavy atom. The zero-order chi connectivity index (χ0) is 15.4. The molecule has 0 radical (unpaired) electrons. The lowest BCUT2D eigenvalue weighted by Crippen LogP contribution is -2.65. The number of rotatable bonds is 2. The third kappa shape index (κ3) is 2.23. The van der Waals surface area contributed by atoms with Crippen LogP contribution in [0.3, 0.4) is 0 Å². The SMILES string of the molecule is Cc1c(C(=O)N2CC(O)(C(C)C)C2)oc2ccc(Cl)cc12. The van der Waals surface area contributed by atoms with Crippen molar-refractivity contribution in [3.63, 3.8) is 0 Å². The number of carbonyl (C=O) groups excluding carboxylic acids is 1. The first-order chi connectivity index (χ1) is 9.82. The monoisotopic (exact) mass is 307 g/mol. The Balaban J connectivity index is 1.88. The topological polar surface area (TPSA) is 53.7 Å². The molecule has 0 bridgehead atoms. The number of aliphatic hydroxyl groups is 1. The zero-order valence-corrected chi connectivity index (χ0v) is 13.1. The number of carbonyl (C=O) groups is 1. The second-order valence-electron chi connectivity index (χ2n) is 6.12. The van der Waals surface area contributed by atoms with Crippen molar-refractivity contribution in [3.05, 3.63) is 34.5 Å². The molecule has 1 aliphatic rings. The van der Waals surface area contributed by atoms with Gasteiger partial charge >= 0.3 is 0 Å². The number of hydrogen-bond acceptors (Lipinski definition) is 3. The lowest BCUT2D eigenvalue weighted by atomic mass is 9.83. The van der Waals surface area contributed by atoms with Crippen molar-refractivity contribution in [1.82, 2.24) is 4.90 Å². The summed E-state index contributed by atoms with van der Waals surface area (Å²) in [5.74, 6) is 0.278. The molecule has 0 saturated carbocycles. The van der Waals surface area contributed by atoms with Crippen molar-refractivity contribution < 1.29 is 14.3 Å². The van der Waals surface area contributed by atoms with Crippen LogP contribution in [0.1, 0.15) is 30.0 Å². The van der Waals surface area contributed by atoms with Gasteiger partial charge in [-0.25, -0.2) is 0 Å². The molecule has 1 fully saturated rings. The summed E-state index contributed by atoms with van der Waals surface area (Å²) in [5.41, 5.74) is 0.663. The van der Waals surface area contributed by atoms with Crippen LogP contribution in [0.4, 0.5) is 0 Å². The number of hydrogen-bond donors (Lipinski definition) is 1. The van der Waals surface area contributed by atoms with E-state index in [2.05, 4.69) is 0 Å². The smallest absolute Gasteiger partial charge is 0.290 e. The van der Waals surface area contributed by atoms with Gasteiger partial charge in [-0.1, -0.05) is 25.4 Å². The molecule has 3 rings (SSSR count).